The maximum Gasteiger partial charge on any atom is 0.277 e. The third-order valence-electron chi connectivity index (χ3n) is 3.40. The molecule has 1 aliphatic carbocycles. The van der Waals surface area contributed by atoms with Gasteiger partial charge in [-0.1, -0.05) is 37.0 Å². The molecule has 3 nitrogen and oxygen atoms in total. The average Bonchev–Trinajstić information content (AvgIpc) is 2.48. The highest BCUT2D eigenvalue weighted by molar-refractivity contribution is 6.49. The van der Waals surface area contributed by atoms with E-state index in [1.54, 1.807) is 37.3 Å². The highest BCUT2D eigenvalue weighted by Gasteiger charge is 2.25. The van der Waals surface area contributed by atoms with Crippen LogP contribution < -0.4 is 0 Å². The lowest BCUT2D eigenvalue weighted by atomic mass is 9.90. The van der Waals surface area contributed by atoms with Gasteiger partial charge in [0.2, 0.25) is 5.78 Å². The SMILES string of the molecule is CC1=C(Cl)C(=O)C(C(C)C)=CC1=NC(=O)c1ccc(Cl)cc1. The van der Waals surface area contributed by atoms with Crippen molar-refractivity contribution in [2.75, 3.05) is 0 Å². The first-order valence-corrected chi connectivity index (χ1v) is 7.58. The molecule has 0 atom stereocenters. The van der Waals surface area contributed by atoms with Crippen LogP contribution in [0.3, 0.4) is 0 Å². The molecular formula is C17H15Cl2NO2. The third-order valence-corrected chi connectivity index (χ3v) is 4.11. The van der Waals surface area contributed by atoms with Gasteiger partial charge in [0.1, 0.15) is 0 Å². The van der Waals surface area contributed by atoms with Gasteiger partial charge in [-0.25, -0.2) is 4.99 Å². The zero-order chi connectivity index (χ0) is 16.4. The summed E-state index contributed by atoms with van der Waals surface area (Å²) in [5, 5.41) is 0.669. The zero-order valence-electron chi connectivity index (χ0n) is 12.5. The van der Waals surface area contributed by atoms with E-state index in [4.69, 9.17) is 23.2 Å². The standard InChI is InChI=1S/C17H15Cl2NO2/c1-9(2)13-8-14(10(3)15(19)16(13)21)20-17(22)11-4-6-12(18)7-5-11/h4-9H,1-3H3. The lowest BCUT2D eigenvalue weighted by Crippen LogP contribution is -2.19. The van der Waals surface area contributed by atoms with Gasteiger partial charge >= 0.3 is 0 Å². The number of allylic oxidation sites excluding steroid dienone is 4. The van der Waals surface area contributed by atoms with Gasteiger partial charge in [0.15, 0.2) is 0 Å². The van der Waals surface area contributed by atoms with Gasteiger partial charge in [-0.15, -0.1) is 0 Å². The topological polar surface area (TPSA) is 46.5 Å². The molecule has 0 aliphatic heterocycles. The van der Waals surface area contributed by atoms with Gasteiger partial charge in [0.25, 0.3) is 5.91 Å². The molecule has 1 aliphatic rings. The summed E-state index contributed by atoms with van der Waals surface area (Å²) in [6, 6.07) is 6.47. The van der Waals surface area contributed by atoms with E-state index >= 15 is 0 Å². The van der Waals surface area contributed by atoms with Crippen molar-refractivity contribution in [1.29, 1.82) is 0 Å². The molecule has 2 rings (SSSR count). The number of nitrogens with zero attached hydrogens (tertiary/aromatic N) is 1. The van der Waals surface area contributed by atoms with Gasteiger partial charge in [-0.05, 0) is 48.8 Å². The van der Waals surface area contributed by atoms with Crippen LogP contribution in [0.1, 0.15) is 31.1 Å². The minimum atomic E-state index is -0.399. The van der Waals surface area contributed by atoms with Crippen molar-refractivity contribution in [2.24, 2.45) is 10.9 Å². The molecule has 0 N–H and O–H groups in total. The number of ketones is 1. The van der Waals surface area contributed by atoms with Crippen molar-refractivity contribution in [3.8, 4) is 0 Å². The predicted molar refractivity (Wildman–Crippen MR) is 89.7 cm³/mol. The summed E-state index contributed by atoms with van der Waals surface area (Å²) in [5.74, 6) is -0.596. The quantitative estimate of drug-likeness (QED) is 0.741. The van der Waals surface area contributed by atoms with Gasteiger partial charge < -0.3 is 0 Å². The molecule has 0 saturated carbocycles. The Labute approximate surface area is 139 Å². The molecule has 0 spiro atoms. The minimum Gasteiger partial charge on any atom is -0.288 e. The number of benzene rings is 1. The normalized spacial score (nSPS) is 17.3. The van der Waals surface area contributed by atoms with Crippen molar-refractivity contribution < 1.29 is 9.59 Å². The van der Waals surface area contributed by atoms with E-state index in [9.17, 15) is 9.59 Å². The number of hydrogen-bond acceptors (Lipinski definition) is 2. The first-order valence-electron chi connectivity index (χ1n) is 6.83. The number of rotatable bonds is 2. The highest BCUT2D eigenvalue weighted by Crippen LogP contribution is 2.27. The molecule has 0 heterocycles. The molecule has 1 aromatic carbocycles. The number of Topliss-reactive ketones (excluding diaryl/α,β-unsaturated/α-hetero) is 1. The fourth-order valence-electron chi connectivity index (χ4n) is 2.04. The Hall–Kier alpha value is -1.71. The van der Waals surface area contributed by atoms with Crippen molar-refractivity contribution >= 4 is 40.6 Å². The Morgan fingerprint density at radius 3 is 2.27 bits per heavy atom. The Kier molecular flexibility index (Phi) is 4.99. The number of aliphatic imine (C=N–C) groups is 1. The molecule has 0 unspecified atom stereocenters. The zero-order valence-corrected chi connectivity index (χ0v) is 14.0. The smallest absolute Gasteiger partial charge is 0.277 e. The first kappa shape index (κ1) is 16.7. The Balaban J connectivity index is 2.42. The fraction of sp³-hybridized carbons (Fsp3) is 0.235. The average molecular weight is 336 g/mol. The molecule has 22 heavy (non-hydrogen) atoms. The predicted octanol–water partition coefficient (Wildman–Crippen LogP) is 4.60. The molecule has 0 bridgehead atoms. The molecule has 0 aromatic heterocycles. The van der Waals surface area contributed by atoms with Crippen molar-refractivity contribution in [3.05, 3.63) is 57.1 Å². The van der Waals surface area contributed by atoms with E-state index in [0.29, 0.717) is 27.4 Å². The molecule has 0 saturated heterocycles. The van der Waals surface area contributed by atoms with E-state index < -0.39 is 5.91 Å². The van der Waals surface area contributed by atoms with Crippen LogP contribution in [-0.2, 0) is 4.79 Å². The van der Waals surface area contributed by atoms with Gasteiger partial charge in [0, 0.05) is 16.2 Å². The number of amides is 1. The number of carbonyl (C=O) groups is 2. The second-order valence-electron chi connectivity index (χ2n) is 5.33. The summed E-state index contributed by atoms with van der Waals surface area (Å²) in [7, 11) is 0. The summed E-state index contributed by atoms with van der Waals surface area (Å²) >= 11 is 11.9. The molecule has 1 aromatic rings. The molecule has 1 amide bonds. The minimum absolute atomic E-state index is 0.00480. The summed E-state index contributed by atoms with van der Waals surface area (Å²) < 4.78 is 0. The van der Waals surface area contributed by atoms with Crippen LogP contribution in [0.2, 0.25) is 5.02 Å². The van der Waals surface area contributed by atoms with Crippen LogP contribution in [0, 0.1) is 5.92 Å². The van der Waals surface area contributed by atoms with Gasteiger partial charge in [-0.2, -0.15) is 0 Å². The largest absolute Gasteiger partial charge is 0.288 e. The lowest BCUT2D eigenvalue weighted by molar-refractivity contribution is -0.112. The van der Waals surface area contributed by atoms with Crippen LogP contribution in [-0.4, -0.2) is 17.4 Å². The molecule has 0 radical (unpaired) electrons. The second kappa shape index (κ2) is 6.59. The molecule has 114 valence electrons. The second-order valence-corrected chi connectivity index (χ2v) is 6.15. The van der Waals surface area contributed by atoms with Crippen LogP contribution in [0.4, 0.5) is 0 Å². The van der Waals surface area contributed by atoms with E-state index in [1.807, 2.05) is 13.8 Å². The Morgan fingerprint density at radius 2 is 1.73 bits per heavy atom. The van der Waals surface area contributed by atoms with Crippen LogP contribution in [0.15, 0.2) is 51.5 Å². The lowest BCUT2D eigenvalue weighted by Gasteiger charge is -2.17. The van der Waals surface area contributed by atoms with Crippen LogP contribution in [0.25, 0.3) is 0 Å². The number of hydrogen-bond donors (Lipinski definition) is 0. The molecular weight excluding hydrogens is 321 g/mol. The van der Waals surface area contributed by atoms with Gasteiger partial charge in [-0.3, -0.25) is 9.59 Å². The third kappa shape index (κ3) is 3.37. The van der Waals surface area contributed by atoms with E-state index in [-0.39, 0.29) is 16.7 Å². The monoisotopic (exact) mass is 335 g/mol. The first-order chi connectivity index (χ1) is 10.3. The fourth-order valence-corrected chi connectivity index (χ4v) is 2.37. The van der Waals surface area contributed by atoms with Crippen LogP contribution >= 0.6 is 23.2 Å². The number of carbonyl (C=O) groups excluding carboxylic acids is 2. The van der Waals surface area contributed by atoms with E-state index in [2.05, 4.69) is 4.99 Å². The maximum absolute atomic E-state index is 12.2. The highest BCUT2D eigenvalue weighted by atomic mass is 35.5. The molecule has 0 fully saturated rings. The summed E-state index contributed by atoms with van der Waals surface area (Å²) in [6.45, 7) is 5.47. The Morgan fingerprint density at radius 1 is 1.14 bits per heavy atom. The number of halogens is 2. The van der Waals surface area contributed by atoms with Crippen LogP contribution in [0.5, 0.6) is 0 Å². The molecule has 5 heteroatoms. The van der Waals surface area contributed by atoms with Crippen molar-refractivity contribution in [3.63, 3.8) is 0 Å². The van der Waals surface area contributed by atoms with E-state index in [1.165, 1.54) is 0 Å². The van der Waals surface area contributed by atoms with Crippen molar-refractivity contribution in [1.82, 2.24) is 0 Å². The summed E-state index contributed by atoms with van der Waals surface area (Å²) in [6.07, 6.45) is 1.64. The van der Waals surface area contributed by atoms with Gasteiger partial charge in [0.05, 0.1) is 10.7 Å². The Bertz CT molecular complexity index is 726. The summed E-state index contributed by atoms with van der Waals surface area (Å²) in [5.41, 5.74) is 1.92. The maximum atomic E-state index is 12.2. The van der Waals surface area contributed by atoms with Crippen molar-refractivity contribution in [2.45, 2.75) is 20.8 Å². The van der Waals surface area contributed by atoms with E-state index in [0.717, 1.165) is 0 Å². The summed E-state index contributed by atoms with van der Waals surface area (Å²) in [4.78, 5) is 28.4.